The second-order valence-corrected chi connectivity index (χ2v) is 5.59. The summed E-state index contributed by atoms with van der Waals surface area (Å²) in [6, 6.07) is 3.63. The second kappa shape index (κ2) is 5.09. The Morgan fingerprint density at radius 3 is 3.11 bits per heavy atom. The molecule has 2 atom stereocenters. The Hall–Kier alpha value is -1.14. The van der Waals surface area contributed by atoms with Crippen molar-refractivity contribution in [2.45, 2.75) is 18.6 Å². The number of hydrogen-bond donors (Lipinski definition) is 1. The van der Waals surface area contributed by atoms with Gasteiger partial charge in [0.05, 0.1) is 23.1 Å². The predicted octanol–water partition coefficient (Wildman–Crippen LogP) is 2.68. The van der Waals surface area contributed by atoms with Crippen molar-refractivity contribution >= 4 is 26.8 Å². The lowest BCUT2D eigenvalue weighted by Crippen LogP contribution is -2.39. The molecule has 0 radical (unpaired) electrons. The van der Waals surface area contributed by atoms with Gasteiger partial charge in [0.25, 0.3) is 0 Å². The number of hydrogen-bond acceptors (Lipinski definition) is 3. The molecule has 19 heavy (non-hydrogen) atoms. The summed E-state index contributed by atoms with van der Waals surface area (Å²) >= 11 is 3.45. The normalized spacial score (nSPS) is 23.7. The van der Waals surface area contributed by atoms with Crippen LogP contribution in [-0.2, 0) is 0 Å². The Morgan fingerprint density at radius 2 is 2.37 bits per heavy atom. The molecular weight excluding hydrogens is 313 g/mol. The van der Waals surface area contributed by atoms with E-state index in [4.69, 9.17) is 4.74 Å². The molecule has 0 amide bonds. The summed E-state index contributed by atoms with van der Waals surface area (Å²) in [6.07, 6.45) is 1.77. The molecule has 0 bridgehead atoms. The number of nitrogens with zero attached hydrogens (tertiary/aromatic N) is 2. The quantitative estimate of drug-likeness (QED) is 0.921. The lowest BCUT2D eigenvalue weighted by molar-refractivity contribution is 0.174. The molecule has 6 heteroatoms. The summed E-state index contributed by atoms with van der Waals surface area (Å²) in [5.74, 6) is 0.736. The van der Waals surface area contributed by atoms with Crippen LogP contribution in [-0.4, -0.2) is 36.2 Å². The number of ether oxygens (including phenoxy) is 1. The zero-order valence-corrected chi connectivity index (χ0v) is 12.2. The highest BCUT2D eigenvalue weighted by atomic mass is 79.9. The maximum absolute atomic E-state index is 13.9. The van der Waals surface area contributed by atoms with E-state index in [0.29, 0.717) is 6.54 Å². The lowest BCUT2D eigenvalue weighted by Gasteiger charge is -2.26. The van der Waals surface area contributed by atoms with E-state index >= 15 is 0 Å². The first-order valence-corrected chi connectivity index (χ1v) is 7.05. The third-order valence-corrected chi connectivity index (χ3v) is 4.13. The molecule has 0 unspecified atom stereocenters. The molecule has 0 aliphatic carbocycles. The summed E-state index contributed by atoms with van der Waals surface area (Å²) in [6.45, 7) is 1.22. The van der Waals surface area contributed by atoms with Crippen LogP contribution in [0.15, 0.2) is 22.8 Å². The minimum Gasteiger partial charge on any atom is -0.495 e. The fourth-order valence-corrected chi connectivity index (χ4v) is 3.00. The first kappa shape index (κ1) is 12.9. The molecule has 1 saturated heterocycles. The molecule has 2 heterocycles. The monoisotopic (exact) mass is 327 g/mol. The van der Waals surface area contributed by atoms with Gasteiger partial charge in [0.15, 0.2) is 0 Å². The van der Waals surface area contributed by atoms with Gasteiger partial charge in [-0.2, -0.15) is 5.10 Å². The van der Waals surface area contributed by atoms with Crippen molar-refractivity contribution in [3.8, 4) is 5.75 Å². The lowest BCUT2D eigenvalue weighted by atomic mass is 10.1. The molecule has 4 nitrogen and oxygen atoms in total. The van der Waals surface area contributed by atoms with Crippen LogP contribution in [0, 0.1) is 0 Å². The van der Waals surface area contributed by atoms with Crippen LogP contribution in [0.4, 0.5) is 4.39 Å². The van der Waals surface area contributed by atoms with Crippen molar-refractivity contribution in [3.63, 3.8) is 0 Å². The molecule has 1 aliphatic heterocycles. The van der Waals surface area contributed by atoms with Crippen molar-refractivity contribution in [1.82, 2.24) is 15.1 Å². The highest BCUT2D eigenvalue weighted by molar-refractivity contribution is 9.10. The fourth-order valence-electron chi connectivity index (χ4n) is 2.47. The van der Waals surface area contributed by atoms with E-state index in [-0.39, 0.29) is 6.04 Å². The van der Waals surface area contributed by atoms with Crippen molar-refractivity contribution < 1.29 is 9.13 Å². The molecule has 1 fully saturated rings. The maximum Gasteiger partial charge on any atom is 0.135 e. The smallest absolute Gasteiger partial charge is 0.135 e. The van der Waals surface area contributed by atoms with Crippen LogP contribution in [0.5, 0.6) is 5.75 Å². The van der Waals surface area contributed by atoms with Gasteiger partial charge >= 0.3 is 0 Å². The number of piperidine rings is 1. The Morgan fingerprint density at radius 1 is 1.53 bits per heavy atom. The van der Waals surface area contributed by atoms with E-state index in [1.807, 2.05) is 18.3 Å². The standard InChI is InChI=1S/C13H15BrFN3O/c1-19-13-5-11-8(4-9(13)14)7-18(17-11)12-2-3-16-6-10(12)15/h4-5,7,10,12,16H,2-3,6H2,1H3/t10-,12+/m0/s1. The zero-order chi connectivity index (χ0) is 13.4. The number of benzene rings is 1. The van der Waals surface area contributed by atoms with E-state index in [1.54, 1.807) is 11.8 Å². The average molecular weight is 328 g/mol. The Bertz CT molecular complexity index is 601. The molecule has 1 aromatic heterocycles. The van der Waals surface area contributed by atoms with E-state index in [1.165, 1.54) is 0 Å². The maximum atomic E-state index is 13.9. The van der Waals surface area contributed by atoms with Gasteiger partial charge in [-0.1, -0.05) is 0 Å². The van der Waals surface area contributed by atoms with Gasteiger partial charge in [-0.15, -0.1) is 0 Å². The third-order valence-electron chi connectivity index (χ3n) is 3.51. The largest absolute Gasteiger partial charge is 0.495 e. The topological polar surface area (TPSA) is 39.1 Å². The number of nitrogens with one attached hydrogen (secondary N) is 1. The summed E-state index contributed by atoms with van der Waals surface area (Å²) in [5, 5.41) is 8.52. The van der Waals surface area contributed by atoms with Crippen LogP contribution in [0.3, 0.4) is 0 Å². The molecule has 1 N–H and O–H groups in total. The molecule has 1 aliphatic rings. The second-order valence-electron chi connectivity index (χ2n) is 4.73. The van der Waals surface area contributed by atoms with Crippen LogP contribution in [0.2, 0.25) is 0 Å². The number of aromatic nitrogens is 2. The molecular formula is C13H15BrFN3O. The van der Waals surface area contributed by atoms with Gasteiger partial charge in [0.1, 0.15) is 11.9 Å². The number of fused-ring (bicyclic) bond motifs is 1. The van der Waals surface area contributed by atoms with Crippen LogP contribution in [0.25, 0.3) is 10.9 Å². The summed E-state index contributed by atoms with van der Waals surface area (Å²) in [4.78, 5) is 0. The van der Waals surface area contributed by atoms with Gasteiger partial charge in [0.2, 0.25) is 0 Å². The zero-order valence-electron chi connectivity index (χ0n) is 10.6. The average Bonchev–Trinajstić information content (AvgIpc) is 2.80. The highest BCUT2D eigenvalue weighted by Gasteiger charge is 2.27. The highest BCUT2D eigenvalue weighted by Crippen LogP contribution is 2.31. The summed E-state index contributed by atoms with van der Waals surface area (Å²) in [7, 11) is 1.62. The number of alkyl halides is 1. The van der Waals surface area contributed by atoms with Crippen molar-refractivity contribution in [1.29, 1.82) is 0 Å². The van der Waals surface area contributed by atoms with Crippen molar-refractivity contribution in [2.75, 3.05) is 20.2 Å². The predicted molar refractivity (Wildman–Crippen MR) is 75.4 cm³/mol. The minimum atomic E-state index is -0.895. The third kappa shape index (κ3) is 2.34. The van der Waals surface area contributed by atoms with Crippen molar-refractivity contribution in [3.05, 3.63) is 22.8 Å². The Kier molecular flexibility index (Phi) is 3.45. The van der Waals surface area contributed by atoms with Gasteiger partial charge in [0, 0.05) is 24.2 Å². The van der Waals surface area contributed by atoms with Gasteiger partial charge in [-0.25, -0.2) is 4.39 Å². The van der Waals surface area contributed by atoms with E-state index in [9.17, 15) is 4.39 Å². The van der Waals surface area contributed by atoms with E-state index < -0.39 is 6.17 Å². The van der Waals surface area contributed by atoms with Gasteiger partial charge in [-0.05, 0) is 35.0 Å². The van der Waals surface area contributed by atoms with Crippen LogP contribution in [0.1, 0.15) is 12.5 Å². The van der Waals surface area contributed by atoms with E-state index in [0.717, 1.165) is 34.1 Å². The number of halogens is 2. The van der Waals surface area contributed by atoms with E-state index in [2.05, 4.69) is 26.3 Å². The Labute approximate surface area is 119 Å². The van der Waals surface area contributed by atoms with Crippen LogP contribution < -0.4 is 10.1 Å². The first-order valence-electron chi connectivity index (χ1n) is 6.26. The molecule has 1 aromatic carbocycles. The van der Waals surface area contributed by atoms with Crippen LogP contribution >= 0.6 is 15.9 Å². The number of rotatable bonds is 2. The van der Waals surface area contributed by atoms with Gasteiger partial charge < -0.3 is 10.1 Å². The molecule has 2 aromatic rings. The SMILES string of the molecule is COc1cc2nn([C@@H]3CCNC[C@@H]3F)cc2cc1Br. The fraction of sp³-hybridized carbons (Fsp3) is 0.462. The molecule has 3 rings (SSSR count). The molecule has 0 spiro atoms. The minimum absolute atomic E-state index is 0.182. The molecule has 0 saturated carbocycles. The summed E-state index contributed by atoms with van der Waals surface area (Å²) in [5.41, 5.74) is 0.825. The first-order chi connectivity index (χ1) is 9.19. The Balaban J connectivity index is 2.01. The molecule has 102 valence electrons. The van der Waals surface area contributed by atoms with Gasteiger partial charge in [-0.3, -0.25) is 4.68 Å². The van der Waals surface area contributed by atoms with Crippen molar-refractivity contribution in [2.24, 2.45) is 0 Å². The summed E-state index contributed by atoms with van der Waals surface area (Å²) < 4.78 is 21.8. The number of methoxy groups -OCH3 is 1.